The lowest BCUT2D eigenvalue weighted by atomic mass is 9.94. The molecule has 0 aliphatic carbocycles. The number of pyridine rings is 1. The van der Waals surface area contributed by atoms with Gasteiger partial charge in [0.05, 0.1) is 0 Å². The Morgan fingerprint density at radius 3 is 2.30 bits per heavy atom. The highest BCUT2D eigenvalue weighted by molar-refractivity contribution is 7.99. The Bertz CT molecular complexity index is 1230. The third-order valence-electron chi connectivity index (χ3n) is 5.24. The zero-order valence-corrected chi connectivity index (χ0v) is 16.9. The van der Waals surface area contributed by atoms with E-state index in [4.69, 9.17) is 0 Å². The number of carbonyl (C=O) groups is 2. The number of imide groups is 1. The lowest BCUT2D eigenvalue weighted by Crippen LogP contribution is -2.41. The normalized spacial score (nSPS) is 13.1. The van der Waals surface area contributed by atoms with Gasteiger partial charge in [0.15, 0.2) is 0 Å². The molecule has 1 aliphatic heterocycles. The number of benzene rings is 3. The first-order valence-electron chi connectivity index (χ1n) is 9.77. The fourth-order valence-electron chi connectivity index (χ4n) is 3.80. The average molecular weight is 410 g/mol. The van der Waals surface area contributed by atoms with Crippen molar-refractivity contribution in [3.8, 4) is 0 Å². The standard InChI is InChI=1S/C25H18N2O2S/c28-24-20-11-6-10-19-22(30-18-8-2-1-3-9-18)13-12-21(23(19)20)25(29)27(24)16-14-17-7-4-5-15-26-17/h1-13,15H,14,16H2. The number of nitrogens with zero attached hydrogens (tertiary/aromatic N) is 2. The molecule has 0 atom stereocenters. The van der Waals surface area contributed by atoms with Crippen molar-refractivity contribution in [3.05, 3.63) is 102 Å². The molecule has 0 saturated heterocycles. The first kappa shape index (κ1) is 18.6. The van der Waals surface area contributed by atoms with E-state index in [0.29, 0.717) is 24.1 Å². The minimum atomic E-state index is -0.240. The number of hydrogen-bond donors (Lipinski definition) is 0. The van der Waals surface area contributed by atoms with E-state index in [2.05, 4.69) is 17.1 Å². The smallest absolute Gasteiger partial charge is 0.261 e. The Kier molecular flexibility index (Phi) is 4.81. The van der Waals surface area contributed by atoms with Crippen molar-refractivity contribution in [2.75, 3.05) is 6.54 Å². The summed E-state index contributed by atoms with van der Waals surface area (Å²) < 4.78 is 0. The van der Waals surface area contributed by atoms with Crippen LogP contribution in [0.2, 0.25) is 0 Å². The highest BCUT2D eigenvalue weighted by Crippen LogP contribution is 2.38. The number of carbonyl (C=O) groups excluding carboxylic acids is 2. The molecular weight excluding hydrogens is 392 g/mol. The predicted molar refractivity (Wildman–Crippen MR) is 118 cm³/mol. The predicted octanol–water partition coefficient (Wildman–Crippen LogP) is 5.22. The summed E-state index contributed by atoms with van der Waals surface area (Å²) in [6.45, 7) is 0.311. The van der Waals surface area contributed by atoms with E-state index < -0.39 is 0 Å². The molecule has 5 rings (SSSR count). The highest BCUT2D eigenvalue weighted by atomic mass is 32.2. The second-order valence-corrected chi connectivity index (χ2v) is 8.20. The van der Waals surface area contributed by atoms with Gasteiger partial charge in [-0.3, -0.25) is 19.5 Å². The molecule has 2 amide bonds. The molecular formula is C25H18N2O2S. The summed E-state index contributed by atoms with van der Waals surface area (Å²) in [5.74, 6) is -0.480. The first-order valence-corrected chi connectivity index (χ1v) is 10.6. The van der Waals surface area contributed by atoms with Crippen molar-refractivity contribution in [2.24, 2.45) is 0 Å². The fraction of sp³-hybridized carbons (Fsp3) is 0.0800. The van der Waals surface area contributed by atoms with E-state index in [1.54, 1.807) is 18.0 Å². The highest BCUT2D eigenvalue weighted by Gasteiger charge is 2.33. The largest absolute Gasteiger partial charge is 0.274 e. The molecule has 0 bridgehead atoms. The summed E-state index contributed by atoms with van der Waals surface area (Å²) in [6, 6.07) is 25.3. The van der Waals surface area contributed by atoms with Crippen molar-refractivity contribution in [1.82, 2.24) is 9.88 Å². The van der Waals surface area contributed by atoms with Gasteiger partial charge in [0.25, 0.3) is 11.8 Å². The molecule has 3 aromatic carbocycles. The maximum Gasteiger partial charge on any atom is 0.261 e. The van der Waals surface area contributed by atoms with Crippen LogP contribution in [0.15, 0.2) is 94.9 Å². The molecule has 4 nitrogen and oxygen atoms in total. The number of aromatic nitrogens is 1. The topological polar surface area (TPSA) is 50.3 Å². The van der Waals surface area contributed by atoms with Crippen molar-refractivity contribution >= 4 is 34.3 Å². The molecule has 30 heavy (non-hydrogen) atoms. The van der Waals surface area contributed by atoms with Gasteiger partial charge in [0.2, 0.25) is 0 Å². The Balaban J connectivity index is 1.52. The van der Waals surface area contributed by atoms with Gasteiger partial charge in [0, 0.05) is 51.2 Å². The lowest BCUT2D eigenvalue weighted by Gasteiger charge is -2.27. The number of rotatable bonds is 5. The molecule has 0 fully saturated rings. The van der Waals surface area contributed by atoms with Crippen LogP contribution in [0.3, 0.4) is 0 Å². The zero-order valence-electron chi connectivity index (χ0n) is 16.1. The van der Waals surface area contributed by atoms with Crippen molar-refractivity contribution in [2.45, 2.75) is 16.2 Å². The van der Waals surface area contributed by atoms with Crippen LogP contribution in [-0.4, -0.2) is 28.2 Å². The van der Waals surface area contributed by atoms with E-state index in [1.165, 1.54) is 4.90 Å². The van der Waals surface area contributed by atoms with Crippen LogP contribution < -0.4 is 0 Å². The number of hydrogen-bond acceptors (Lipinski definition) is 4. The minimum Gasteiger partial charge on any atom is -0.274 e. The van der Waals surface area contributed by atoms with E-state index in [9.17, 15) is 9.59 Å². The van der Waals surface area contributed by atoms with Crippen molar-refractivity contribution in [3.63, 3.8) is 0 Å². The second-order valence-electron chi connectivity index (χ2n) is 7.09. The van der Waals surface area contributed by atoms with Gasteiger partial charge in [-0.05, 0) is 47.9 Å². The molecule has 1 aliphatic rings. The third kappa shape index (κ3) is 3.27. The van der Waals surface area contributed by atoms with Crippen LogP contribution in [-0.2, 0) is 6.42 Å². The van der Waals surface area contributed by atoms with Crippen molar-refractivity contribution < 1.29 is 9.59 Å². The van der Waals surface area contributed by atoms with Gasteiger partial charge >= 0.3 is 0 Å². The summed E-state index contributed by atoms with van der Waals surface area (Å²) >= 11 is 1.64. The van der Waals surface area contributed by atoms with Gasteiger partial charge < -0.3 is 0 Å². The summed E-state index contributed by atoms with van der Waals surface area (Å²) in [4.78, 5) is 34.1. The van der Waals surface area contributed by atoms with Gasteiger partial charge in [0.1, 0.15) is 0 Å². The SMILES string of the molecule is O=C1c2cccc3c(Sc4ccccc4)ccc(c23)C(=O)N1CCc1ccccn1. The maximum atomic E-state index is 13.2. The number of amides is 2. The van der Waals surface area contributed by atoms with Crippen LogP contribution in [0.25, 0.3) is 10.8 Å². The van der Waals surface area contributed by atoms with Crippen molar-refractivity contribution in [1.29, 1.82) is 0 Å². The summed E-state index contributed by atoms with van der Waals surface area (Å²) in [6.07, 6.45) is 2.25. The molecule has 0 N–H and O–H groups in total. The van der Waals surface area contributed by atoms with Crippen LogP contribution in [0.1, 0.15) is 26.4 Å². The molecule has 0 radical (unpaired) electrons. The Morgan fingerprint density at radius 1 is 0.767 bits per heavy atom. The van der Waals surface area contributed by atoms with Gasteiger partial charge in [-0.1, -0.05) is 48.2 Å². The molecule has 146 valence electrons. The van der Waals surface area contributed by atoms with Gasteiger partial charge in [-0.2, -0.15) is 0 Å². The van der Waals surface area contributed by atoms with Gasteiger partial charge in [-0.15, -0.1) is 0 Å². The summed E-state index contributed by atoms with van der Waals surface area (Å²) in [5.41, 5.74) is 2.02. The molecule has 4 aromatic rings. The molecule has 2 heterocycles. The van der Waals surface area contributed by atoms with Gasteiger partial charge in [-0.25, -0.2) is 0 Å². The van der Waals surface area contributed by atoms with Crippen LogP contribution in [0.5, 0.6) is 0 Å². The molecule has 5 heteroatoms. The summed E-state index contributed by atoms with van der Waals surface area (Å²) in [7, 11) is 0. The van der Waals surface area contributed by atoms with Crippen LogP contribution in [0, 0.1) is 0 Å². The van der Waals surface area contributed by atoms with E-state index >= 15 is 0 Å². The molecule has 0 saturated carbocycles. The third-order valence-corrected chi connectivity index (χ3v) is 6.32. The molecule has 0 unspecified atom stereocenters. The van der Waals surface area contributed by atoms with Crippen LogP contribution in [0.4, 0.5) is 0 Å². The minimum absolute atomic E-state index is 0.240. The molecule has 0 spiro atoms. The maximum absolute atomic E-state index is 13.2. The van der Waals surface area contributed by atoms with E-state index in [0.717, 1.165) is 26.3 Å². The first-order chi connectivity index (χ1) is 14.7. The molecule has 1 aromatic heterocycles. The van der Waals surface area contributed by atoms with Crippen LogP contribution >= 0.6 is 11.8 Å². The average Bonchev–Trinajstić information content (AvgIpc) is 2.79. The quantitative estimate of drug-likeness (QED) is 0.423. The fourth-order valence-corrected chi connectivity index (χ4v) is 4.76. The lowest BCUT2D eigenvalue weighted by molar-refractivity contribution is 0.0612. The Hall–Kier alpha value is -3.44. The summed E-state index contributed by atoms with van der Waals surface area (Å²) in [5, 5.41) is 1.69. The second kappa shape index (κ2) is 7.76. The van der Waals surface area contributed by atoms with E-state index in [1.807, 2.05) is 66.7 Å². The monoisotopic (exact) mass is 410 g/mol. The Labute approximate surface area is 178 Å². The Morgan fingerprint density at radius 2 is 1.53 bits per heavy atom. The van der Waals surface area contributed by atoms with E-state index in [-0.39, 0.29) is 11.8 Å². The zero-order chi connectivity index (χ0) is 20.5.